The molecule has 2 N–H and O–H groups in total. The van der Waals surface area contributed by atoms with Gasteiger partial charge in [0.1, 0.15) is 0 Å². The molecular formula is C9H9ClF2N2O2. The van der Waals surface area contributed by atoms with Crippen LogP contribution in [0.1, 0.15) is 28.2 Å². The minimum atomic E-state index is -2.80. The van der Waals surface area contributed by atoms with Gasteiger partial charge in [0, 0.05) is 5.56 Å². The number of pyridine rings is 1. The van der Waals surface area contributed by atoms with Gasteiger partial charge >= 0.3 is 5.97 Å². The van der Waals surface area contributed by atoms with Crippen LogP contribution in [-0.4, -0.2) is 18.1 Å². The molecule has 0 aromatic carbocycles. The van der Waals surface area contributed by atoms with Crippen LogP contribution in [0.5, 0.6) is 0 Å². The standard InChI is InChI=1S/C9H9ClF2N2O2/c1-16-9(15)7-6(13)5(8(11)12)2-4(3-10)14-7/h2,8H,3,13H2,1H3. The molecule has 0 radical (unpaired) electrons. The highest BCUT2D eigenvalue weighted by molar-refractivity contribution is 6.17. The molecule has 0 spiro atoms. The first-order valence-corrected chi connectivity index (χ1v) is 4.76. The molecule has 0 atom stereocenters. The molecule has 0 unspecified atom stereocenters. The van der Waals surface area contributed by atoms with E-state index in [1.165, 1.54) is 0 Å². The predicted molar refractivity (Wildman–Crippen MR) is 54.5 cm³/mol. The third kappa shape index (κ3) is 2.38. The number of carbonyl (C=O) groups excluding carboxylic acids is 1. The third-order valence-electron chi connectivity index (χ3n) is 1.89. The lowest BCUT2D eigenvalue weighted by Gasteiger charge is -2.10. The quantitative estimate of drug-likeness (QED) is 0.659. The summed E-state index contributed by atoms with van der Waals surface area (Å²) < 4.78 is 29.6. The summed E-state index contributed by atoms with van der Waals surface area (Å²) in [7, 11) is 1.11. The van der Waals surface area contributed by atoms with Crippen LogP contribution >= 0.6 is 11.6 Å². The second kappa shape index (κ2) is 5.07. The number of nitrogens with two attached hydrogens (primary N) is 1. The number of esters is 1. The molecule has 4 nitrogen and oxygen atoms in total. The Morgan fingerprint density at radius 2 is 2.31 bits per heavy atom. The Balaban J connectivity index is 3.37. The summed E-state index contributed by atoms with van der Waals surface area (Å²) in [5.74, 6) is -0.962. The fraction of sp³-hybridized carbons (Fsp3) is 0.333. The molecule has 0 saturated heterocycles. The number of aromatic nitrogens is 1. The fourth-order valence-corrected chi connectivity index (χ4v) is 1.27. The lowest BCUT2D eigenvalue weighted by molar-refractivity contribution is 0.0594. The summed E-state index contributed by atoms with van der Waals surface area (Å²) in [6.45, 7) is 0. The van der Waals surface area contributed by atoms with Gasteiger partial charge in [0.2, 0.25) is 0 Å². The van der Waals surface area contributed by atoms with E-state index in [0.717, 1.165) is 13.2 Å². The molecule has 1 heterocycles. The second-order valence-corrected chi connectivity index (χ2v) is 3.16. The van der Waals surface area contributed by atoms with E-state index in [1.54, 1.807) is 0 Å². The van der Waals surface area contributed by atoms with Crippen molar-refractivity contribution in [1.29, 1.82) is 0 Å². The third-order valence-corrected chi connectivity index (χ3v) is 2.17. The number of hydrogen-bond donors (Lipinski definition) is 1. The Morgan fingerprint density at radius 1 is 1.69 bits per heavy atom. The first kappa shape index (κ1) is 12.6. The normalized spacial score (nSPS) is 10.6. The highest BCUT2D eigenvalue weighted by Gasteiger charge is 2.21. The van der Waals surface area contributed by atoms with E-state index >= 15 is 0 Å². The molecule has 1 aromatic rings. The van der Waals surface area contributed by atoms with Gasteiger partial charge in [0.05, 0.1) is 24.4 Å². The van der Waals surface area contributed by atoms with Crippen molar-refractivity contribution in [2.45, 2.75) is 12.3 Å². The van der Waals surface area contributed by atoms with Crippen LogP contribution in [0, 0.1) is 0 Å². The zero-order valence-corrected chi connectivity index (χ0v) is 9.09. The minimum absolute atomic E-state index is 0.0933. The van der Waals surface area contributed by atoms with Crippen molar-refractivity contribution in [2.75, 3.05) is 12.8 Å². The highest BCUT2D eigenvalue weighted by atomic mass is 35.5. The van der Waals surface area contributed by atoms with Gasteiger partial charge in [0.25, 0.3) is 6.43 Å². The van der Waals surface area contributed by atoms with E-state index in [0.29, 0.717) is 0 Å². The molecule has 0 aliphatic heterocycles. The number of alkyl halides is 3. The van der Waals surface area contributed by atoms with Gasteiger partial charge in [-0.25, -0.2) is 18.6 Å². The molecule has 7 heteroatoms. The lowest BCUT2D eigenvalue weighted by Crippen LogP contribution is -2.12. The summed E-state index contributed by atoms with van der Waals surface area (Å²) in [6.07, 6.45) is -2.80. The van der Waals surface area contributed by atoms with E-state index in [4.69, 9.17) is 17.3 Å². The lowest BCUT2D eigenvalue weighted by atomic mass is 10.1. The Morgan fingerprint density at radius 3 is 2.75 bits per heavy atom. The number of nitrogens with zero attached hydrogens (tertiary/aromatic N) is 1. The Kier molecular flexibility index (Phi) is 4.00. The van der Waals surface area contributed by atoms with E-state index in [-0.39, 0.29) is 23.0 Å². The number of halogens is 3. The van der Waals surface area contributed by atoms with Gasteiger partial charge in [-0.05, 0) is 6.07 Å². The van der Waals surface area contributed by atoms with Crippen LogP contribution in [0.15, 0.2) is 6.07 Å². The molecule has 0 saturated carbocycles. The molecule has 16 heavy (non-hydrogen) atoms. The topological polar surface area (TPSA) is 65.2 Å². The van der Waals surface area contributed by atoms with Gasteiger partial charge in [-0.15, -0.1) is 11.6 Å². The van der Waals surface area contributed by atoms with Crippen LogP contribution in [-0.2, 0) is 10.6 Å². The monoisotopic (exact) mass is 250 g/mol. The zero-order chi connectivity index (χ0) is 12.3. The minimum Gasteiger partial charge on any atom is -0.464 e. The van der Waals surface area contributed by atoms with Crippen LogP contribution in [0.3, 0.4) is 0 Å². The Hall–Kier alpha value is -1.43. The van der Waals surface area contributed by atoms with Gasteiger partial charge in [0.15, 0.2) is 5.69 Å². The SMILES string of the molecule is COC(=O)c1nc(CCl)cc(C(F)F)c1N. The van der Waals surface area contributed by atoms with Gasteiger partial charge in [-0.1, -0.05) is 0 Å². The van der Waals surface area contributed by atoms with Crippen molar-refractivity contribution in [3.63, 3.8) is 0 Å². The van der Waals surface area contributed by atoms with E-state index in [1.807, 2.05) is 0 Å². The maximum atomic E-state index is 12.6. The number of rotatable bonds is 3. The average Bonchev–Trinajstić information content (AvgIpc) is 2.28. The smallest absolute Gasteiger partial charge is 0.358 e. The molecule has 1 rings (SSSR count). The van der Waals surface area contributed by atoms with Crippen molar-refractivity contribution in [3.8, 4) is 0 Å². The summed E-state index contributed by atoms with van der Waals surface area (Å²) in [4.78, 5) is 15.0. The first-order chi connectivity index (χ1) is 7.51. The van der Waals surface area contributed by atoms with E-state index in [2.05, 4.69) is 9.72 Å². The summed E-state index contributed by atoms with van der Waals surface area (Å²) in [6, 6.07) is 1.07. The molecule has 0 fully saturated rings. The van der Waals surface area contributed by atoms with Crippen molar-refractivity contribution in [3.05, 3.63) is 23.0 Å². The fourth-order valence-electron chi connectivity index (χ4n) is 1.13. The van der Waals surface area contributed by atoms with Crippen LogP contribution in [0.25, 0.3) is 0 Å². The maximum absolute atomic E-state index is 12.6. The number of hydrogen-bond acceptors (Lipinski definition) is 4. The number of nitrogen functional groups attached to an aromatic ring is 1. The predicted octanol–water partition coefficient (Wildman–Crippen LogP) is 2.13. The highest BCUT2D eigenvalue weighted by Crippen LogP contribution is 2.28. The number of ether oxygens (including phenoxy) is 1. The Labute approximate surface area is 95.4 Å². The van der Waals surface area contributed by atoms with Gasteiger partial charge < -0.3 is 10.5 Å². The first-order valence-electron chi connectivity index (χ1n) is 4.23. The van der Waals surface area contributed by atoms with Crippen molar-refractivity contribution >= 4 is 23.3 Å². The molecular weight excluding hydrogens is 242 g/mol. The van der Waals surface area contributed by atoms with E-state index in [9.17, 15) is 13.6 Å². The van der Waals surface area contributed by atoms with Crippen molar-refractivity contribution < 1.29 is 18.3 Å². The molecule has 0 aliphatic carbocycles. The number of carbonyl (C=O) groups is 1. The average molecular weight is 251 g/mol. The van der Waals surface area contributed by atoms with Crippen LogP contribution in [0.2, 0.25) is 0 Å². The van der Waals surface area contributed by atoms with Crippen LogP contribution in [0.4, 0.5) is 14.5 Å². The summed E-state index contributed by atoms with van der Waals surface area (Å²) in [5.41, 5.74) is 4.36. The largest absolute Gasteiger partial charge is 0.464 e. The Bertz CT molecular complexity index is 413. The molecule has 88 valence electrons. The number of methoxy groups -OCH3 is 1. The molecule has 1 aromatic heterocycles. The molecule has 0 amide bonds. The van der Waals surface area contributed by atoms with Crippen molar-refractivity contribution in [1.82, 2.24) is 4.98 Å². The van der Waals surface area contributed by atoms with Crippen molar-refractivity contribution in [2.24, 2.45) is 0 Å². The summed E-state index contributed by atoms with van der Waals surface area (Å²) in [5, 5.41) is 0. The maximum Gasteiger partial charge on any atom is 0.358 e. The van der Waals surface area contributed by atoms with E-state index < -0.39 is 18.0 Å². The van der Waals surface area contributed by atoms with Gasteiger partial charge in [-0.2, -0.15) is 0 Å². The zero-order valence-electron chi connectivity index (χ0n) is 8.34. The van der Waals surface area contributed by atoms with Crippen LogP contribution < -0.4 is 5.73 Å². The second-order valence-electron chi connectivity index (χ2n) is 2.89. The van der Waals surface area contributed by atoms with Gasteiger partial charge in [-0.3, -0.25) is 0 Å². The summed E-state index contributed by atoms with van der Waals surface area (Å²) >= 11 is 5.48. The molecule has 0 bridgehead atoms. The number of anilines is 1. The molecule has 0 aliphatic rings.